The first-order chi connectivity index (χ1) is 11.3. The van der Waals surface area contributed by atoms with Gasteiger partial charge in [-0.05, 0) is 29.3 Å². The molecule has 0 bridgehead atoms. The molecule has 0 saturated carbocycles. The number of hydrogen-bond acceptors (Lipinski definition) is 6. The van der Waals surface area contributed by atoms with Crippen LogP contribution in [0.25, 0.3) is 0 Å². The van der Waals surface area contributed by atoms with Gasteiger partial charge >= 0.3 is 5.97 Å². The largest absolute Gasteiger partial charge is 0.454 e. The molecule has 0 fully saturated rings. The van der Waals surface area contributed by atoms with Crippen LogP contribution in [-0.4, -0.2) is 19.6 Å². The second kappa shape index (κ2) is 4.55. The Morgan fingerprint density at radius 2 is 1.65 bits per heavy atom. The molecule has 0 aromatic heterocycles. The zero-order valence-corrected chi connectivity index (χ0v) is 12.0. The van der Waals surface area contributed by atoms with Gasteiger partial charge in [-0.15, -0.1) is 0 Å². The quantitative estimate of drug-likeness (QED) is 0.754. The first kappa shape index (κ1) is 12.6. The number of rotatable bonds is 1. The van der Waals surface area contributed by atoms with Crippen molar-refractivity contribution in [2.24, 2.45) is 0 Å². The van der Waals surface area contributed by atoms with Gasteiger partial charge in [0.05, 0.1) is 0 Å². The van der Waals surface area contributed by atoms with Crippen LogP contribution in [0.2, 0.25) is 0 Å². The lowest BCUT2D eigenvalue weighted by Gasteiger charge is -2.25. The molecule has 0 spiro atoms. The molecule has 1 unspecified atom stereocenters. The Balaban J connectivity index is 1.53. The number of cyclic esters (lactones) is 1. The summed E-state index contributed by atoms with van der Waals surface area (Å²) in [5.74, 6) is 2.06. The standard InChI is InChI=1S/C17H12O6/c18-17-15-10(2-4-12-16(15)22-8-20-12)6-13(23-17)9-1-3-11-14(5-9)21-7-19-11/h1-5,13H,6-8H2. The van der Waals surface area contributed by atoms with Gasteiger partial charge in [-0.1, -0.05) is 12.1 Å². The summed E-state index contributed by atoms with van der Waals surface area (Å²) >= 11 is 0. The lowest BCUT2D eigenvalue weighted by atomic mass is 9.93. The van der Waals surface area contributed by atoms with E-state index in [1.807, 2.05) is 30.3 Å². The Morgan fingerprint density at radius 3 is 2.61 bits per heavy atom. The molecular formula is C17H12O6. The minimum Gasteiger partial charge on any atom is -0.454 e. The summed E-state index contributed by atoms with van der Waals surface area (Å²) in [4.78, 5) is 12.4. The van der Waals surface area contributed by atoms with Crippen molar-refractivity contribution in [3.05, 3.63) is 47.0 Å². The summed E-state index contributed by atoms with van der Waals surface area (Å²) in [7, 11) is 0. The predicted octanol–water partition coefficient (Wildman–Crippen LogP) is 2.60. The molecule has 2 aromatic rings. The molecule has 3 aliphatic heterocycles. The van der Waals surface area contributed by atoms with Gasteiger partial charge in [0.2, 0.25) is 13.6 Å². The van der Waals surface area contributed by atoms with Gasteiger partial charge in [-0.25, -0.2) is 4.79 Å². The SMILES string of the molecule is O=C1OC(c2ccc3c(c2)OCO3)Cc2ccc3c(c21)OCO3. The first-order valence-corrected chi connectivity index (χ1v) is 7.31. The molecule has 2 aromatic carbocycles. The smallest absolute Gasteiger partial charge is 0.342 e. The van der Waals surface area contributed by atoms with Crippen LogP contribution in [0.15, 0.2) is 30.3 Å². The highest BCUT2D eigenvalue weighted by atomic mass is 16.7. The van der Waals surface area contributed by atoms with Crippen LogP contribution < -0.4 is 18.9 Å². The zero-order chi connectivity index (χ0) is 15.4. The molecular weight excluding hydrogens is 300 g/mol. The first-order valence-electron chi connectivity index (χ1n) is 7.31. The average molecular weight is 312 g/mol. The molecule has 0 N–H and O–H groups in total. The van der Waals surface area contributed by atoms with Crippen molar-refractivity contribution in [3.63, 3.8) is 0 Å². The van der Waals surface area contributed by atoms with Crippen LogP contribution >= 0.6 is 0 Å². The van der Waals surface area contributed by atoms with Crippen LogP contribution in [0, 0.1) is 0 Å². The van der Waals surface area contributed by atoms with E-state index in [0.717, 1.165) is 11.1 Å². The van der Waals surface area contributed by atoms with Crippen LogP contribution in [0.5, 0.6) is 23.0 Å². The van der Waals surface area contributed by atoms with Crippen molar-refractivity contribution < 1.29 is 28.5 Å². The lowest BCUT2D eigenvalue weighted by Crippen LogP contribution is -2.22. The predicted molar refractivity (Wildman–Crippen MR) is 77.0 cm³/mol. The van der Waals surface area contributed by atoms with Gasteiger partial charge in [-0.2, -0.15) is 0 Å². The number of fused-ring (bicyclic) bond motifs is 4. The van der Waals surface area contributed by atoms with Crippen molar-refractivity contribution in [2.75, 3.05) is 13.6 Å². The third-order valence-corrected chi connectivity index (χ3v) is 4.25. The van der Waals surface area contributed by atoms with Gasteiger partial charge in [0.1, 0.15) is 11.7 Å². The van der Waals surface area contributed by atoms with E-state index in [1.165, 1.54) is 0 Å². The molecule has 3 heterocycles. The third-order valence-electron chi connectivity index (χ3n) is 4.25. The summed E-state index contributed by atoms with van der Waals surface area (Å²) in [6.45, 7) is 0.347. The summed E-state index contributed by atoms with van der Waals surface area (Å²) < 4.78 is 27.0. The molecule has 6 nitrogen and oxygen atoms in total. The molecule has 6 heteroatoms. The second-order valence-electron chi connectivity index (χ2n) is 5.54. The Bertz CT molecular complexity index is 828. The lowest BCUT2D eigenvalue weighted by molar-refractivity contribution is 0.0247. The van der Waals surface area contributed by atoms with E-state index in [0.29, 0.717) is 35.0 Å². The maximum absolute atomic E-state index is 12.4. The van der Waals surface area contributed by atoms with Crippen molar-refractivity contribution in [1.82, 2.24) is 0 Å². The molecule has 0 saturated heterocycles. The zero-order valence-electron chi connectivity index (χ0n) is 12.0. The molecule has 5 rings (SSSR count). The summed E-state index contributed by atoms with van der Waals surface area (Å²) in [5.41, 5.74) is 2.25. The Hall–Kier alpha value is -2.89. The number of benzene rings is 2. The van der Waals surface area contributed by atoms with E-state index in [-0.39, 0.29) is 19.7 Å². The van der Waals surface area contributed by atoms with E-state index in [1.54, 1.807) is 0 Å². The van der Waals surface area contributed by atoms with E-state index in [4.69, 9.17) is 23.7 Å². The highest BCUT2D eigenvalue weighted by Gasteiger charge is 2.34. The minimum absolute atomic E-state index is 0.130. The van der Waals surface area contributed by atoms with Crippen molar-refractivity contribution >= 4 is 5.97 Å². The van der Waals surface area contributed by atoms with Crippen molar-refractivity contribution in [3.8, 4) is 23.0 Å². The number of ether oxygens (including phenoxy) is 5. The van der Waals surface area contributed by atoms with Gasteiger partial charge in [0.25, 0.3) is 0 Å². The normalized spacial score (nSPS) is 20.2. The maximum atomic E-state index is 12.4. The maximum Gasteiger partial charge on any atom is 0.342 e. The van der Waals surface area contributed by atoms with Crippen molar-refractivity contribution in [1.29, 1.82) is 0 Å². The van der Waals surface area contributed by atoms with E-state index < -0.39 is 5.97 Å². The number of esters is 1. The molecule has 0 radical (unpaired) electrons. The molecule has 1 atom stereocenters. The van der Waals surface area contributed by atoms with Crippen molar-refractivity contribution in [2.45, 2.75) is 12.5 Å². The van der Waals surface area contributed by atoms with E-state index >= 15 is 0 Å². The van der Waals surface area contributed by atoms with E-state index in [2.05, 4.69) is 0 Å². The number of carbonyl (C=O) groups excluding carboxylic acids is 1. The number of carbonyl (C=O) groups is 1. The molecule has 0 amide bonds. The van der Waals surface area contributed by atoms with Gasteiger partial charge in [0, 0.05) is 6.42 Å². The summed E-state index contributed by atoms with van der Waals surface area (Å²) in [5, 5.41) is 0. The number of hydrogen-bond donors (Lipinski definition) is 0. The molecule has 3 aliphatic rings. The Kier molecular flexibility index (Phi) is 2.50. The fourth-order valence-corrected chi connectivity index (χ4v) is 3.14. The molecule has 116 valence electrons. The average Bonchev–Trinajstić information content (AvgIpc) is 3.22. The Morgan fingerprint density at radius 1 is 0.870 bits per heavy atom. The molecule has 0 aliphatic carbocycles. The fourth-order valence-electron chi connectivity index (χ4n) is 3.14. The van der Waals surface area contributed by atoms with Gasteiger partial charge < -0.3 is 23.7 Å². The van der Waals surface area contributed by atoms with Crippen LogP contribution in [0.1, 0.15) is 27.6 Å². The van der Waals surface area contributed by atoms with Crippen LogP contribution in [0.3, 0.4) is 0 Å². The molecule has 23 heavy (non-hydrogen) atoms. The Labute approximate surface area is 131 Å². The monoisotopic (exact) mass is 312 g/mol. The van der Waals surface area contributed by atoms with Gasteiger partial charge in [0.15, 0.2) is 23.0 Å². The highest BCUT2D eigenvalue weighted by molar-refractivity contribution is 5.96. The summed E-state index contributed by atoms with van der Waals surface area (Å²) in [6, 6.07) is 9.31. The third kappa shape index (κ3) is 1.84. The second-order valence-corrected chi connectivity index (χ2v) is 5.54. The minimum atomic E-state index is -0.392. The van der Waals surface area contributed by atoms with Crippen LogP contribution in [-0.2, 0) is 11.2 Å². The van der Waals surface area contributed by atoms with E-state index in [9.17, 15) is 4.79 Å². The van der Waals surface area contributed by atoms with Crippen LogP contribution in [0.4, 0.5) is 0 Å². The highest BCUT2D eigenvalue weighted by Crippen LogP contribution is 2.43. The topological polar surface area (TPSA) is 63.2 Å². The fraction of sp³-hybridized carbons (Fsp3) is 0.235. The van der Waals surface area contributed by atoms with Gasteiger partial charge in [-0.3, -0.25) is 0 Å². The summed E-state index contributed by atoms with van der Waals surface area (Å²) in [6.07, 6.45) is 0.224.